The summed E-state index contributed by atoms with van der Waals surface area (Å²) in [6.45, 7) is 2.04. The molecule has 0 radical (unpaired) electrons. The van der Waals surface area contributed by atoms with Crippen molar-refractivity contribution < 1.29 is 19.2 Å². The van der Waals surface area contributed by atoms with Crippen molar-refractivity contribution in [2.75, 3.05) is 0 Å². The number of benzene rings is 1. The van der Waals surface area contributed by atoms with Crippen molar-refractivity contribution in [3.63, 3.8) is 0 Å². The summed E-state index contributed by atoms with van der Waals surface area (Å²) >= 11 is 5.85. The Morgan fingerprint density at radius 3 is 2.65 bits per heavy atom. The van der Waals surface area contributed by atoms with Gasteiger partial charge in [-0.25, -0.2) is 0 Å². The van der Waals surface area contributed by atoms with Gasteiger partial charge < -0.3 is 14.9 Å². The van der Waals surface area contributed by atoms with Crippen molar-refractivity contribution in [2.45, 2.75) is 51.5 Å². The molecule has 0 bridgehead atoms. The highest BCUT2D eigenvalue weighted by atomic mass is 35.5. The van der Waals surface area contributed by atoms with E-state index in [0.29, 0.717) is 35.1 Å². The number of nitrogens with zero attached hydrogens (tertiary/aromatic N) is 2. The lowest BCUT2D eigenvalue weighted by Gasteiger charge is -2.17. The fourth-order valence-corrected chi connectivity index (χ4v) is 2.63. The Balaban J connectivity index is 1.85. The summed E-state index contributed by atoms with van der Waals surface area (Å²) in [5.74, 6) is -0.0173. The molecule has 0 saturated heterocycles. The van der Waals surface area contributed by atoms with Crippen LogP contribution >= 0.6 is 11.6 Å². The number of aromatic nitrogens is 2. The molecule has 26 heavy (non-hydrogen) atoms. The Bertz CT molecular complexity index is 730. The number of halogens is 1. The minimum atomic E-state index is -0.987. The molecular formula is C18H22ClN3O4. The molecule has 140 valence electrons. The van der Waals surface area contributed by atoms with E-state index in [9.17, 15) is 9.59 Å². The van der Waals surface area contributed by atoms with Crippen LogP contribution in [0.2, 0.25) is 5.02 Å². The third-order valence-corrected chi connectivity index (χ3v) is 4.02. The SMILES string of the molecule is CCCc1noc(CCCC(=O)N[C@@H](CC(=O)O)c2ccc(Cl)cc2)n1. The molecule has 1 heterocycles. The minimum absolute atomic E-state index is 0.197. The van der Waals surface area contributed by atoms with Gasteiger partial charge in [0.25, 0.3) is 0 Å². The molecule has 1 amide bonds. The van der Waals surface area contributed by atoms with Crippen LogP contribution in [0.4, 0.5) is 0 Å². The lowest BCUT2D eigenvalue weighted by Crippen LogP contribution is -2.30. The first-order valence-electron chi connectivity index (χ1n) is 8.56. The van der Waals surface area contributed by atoms with Crippen LogP contribution in [0.15, 0.2) is 28.8 Å². The number of rotatable bonds is 10. The maximum Gasteiger partial charge on any atom is 0.305 e. The number of aryl methyl sites for hydroxylation is 2. The third-order valence-electron chi connectivity index (χ3n) is 3.76. The first kappa shape index (κ1) is 19.9. The van der Waals surface area contributed by atoms with Gasteiger partial charge in [0.15, 0.2) is 5.82 Å². The number of carboxylic acid groups (broad SMARTS) is 1. The summed E-state index contributed by atoms with van der Waals surface area (Å²) in [4.78, 5) is 27.5. The highest BCUT2D eigenvalue weighted by Gasteiger charge is 2.18. The number of aliphatic carboxylic acids is 1. The van der Waals surface area contributed by atoms with Gasteiger partial charge in [-0.2, -0.15) is 4.98 Å². The molecule has 8 heteroatoms. The van der Waals surface area contributed by atoms with Gasteiger partial charge in [0.05, 0.1) is 12.5 Å². The van der Waals surface area contributed by atoms with E-state index in [1.807, 2.05) is 6.92 Å². The highest BCUT2D eigenvalue weighted by Crippen LogP contribution is 2.20. The fraction of sp³-hybridized carbons (Fsp3) is 0.444. The molecule has 0 unspecified atom stereocenters. The first-order chi connectivity index (χ1) is 12.5. The zero-order valence-corrected chi connectivity index (χ0v) is 15.3. The molecule has 0 aliphatic heterocycles. The predicted octanol–water partition coefficient (Wildman–Crippen LogP) is 3.33. The molecule has 2 rings (SSSR count). The molecule has 0 fully saturated rings. The van der Waals surface area contributed by atoms with Crippen molar-refractivity contribution in [2.24, 2.45) is 0 Å². The van der Waals surface area contributed by atoms with Crippen LogP contribution in [0.3, 0.4) is 0 Å². The van der Waals surface area contributed by atoms with Crippen molar-refractivity contribution in [1.29, 1.82) is 0 Å². The Kier molecular flexibility index (Phi) is 7.59. The number of hydrogen-bond donors (Lipinski definition) is 2. The minimum Gasteiger partial charge on any atom is -0.481 e. The molecule has 2 aromatic rings. The zero-order chi connectivity index (χ0) is 18.9. The Morgan fingerprint density at radius 2 is 2.00 bits per heavy atom. The standard InChI is InChI=1S/C18H22ClN3O4/c1-2-4-15-21-17(26-22-15)6-3-5-16(23)20-14(11-18(24)25)12-7-9-13(19)10-8-12/h7-10,14H,2-6,11H2,1H3,(H,20,23)(H,24,25)/t14-/m0/s1. The first-order valence-corrected chi connectivity index (χ1v) is 8.93. The van der Waals surface area contributed by atoms with Gasteiger partial charge in [-0.05, 0) is 30.5 Å². The largest absolute Gasteiger partial charge is 0.481 e. The quantitative estimate of drug-likeness (QED) is 0.655. The van der Waals surface area contributed by atoms with Crippen LogP contribution in [0.1, 0.15) is 55.9 Å². The predicted molar refractivity (Wildman–Crippen MR) is 95.8 cm³/mol. The molecular weight excluding hydrogens is 358 g/mol. The van der Waals surface area contributed by atoms with E-state index in [1.54, 1.807) is 24.3 Å². The normalized spacial score (nSPS) is 11.9. The van der Waals surface area contributed by atoms with E-state index < -0.39 is 12.0 Å². The fourth-order valence-electron chi connectivity index (χ4n) is 2.51. The molecule has 1 aromatic heterocycles. The van der Waals surface area contributed by atoms with Gasteiger partial charge >= 0.3 is 5.97 Å². The molecule has 7 nitrogen and oxygen atoms in total. The van der Waals surface area contributed by atoms with E-state index in [0.717, 1.165) is 12.8 Å². The smallest absolute Gasteiger partial charge is 0.305 e. The van der Waals surface area contributed by atoms with E-state index >= 15 is 0 Å². The van der Waals surface area contributed by atoms with Crippen LogP contribution in [0, 0.1) is 0 Å². The molecule has 1 atom stereocenters. The second-order valence-corrected chi connectivity index (χ2v) is 6.41. The number of hydrogen-bond acceptors (Lipinski definition) is 5. The van der Waals surface area contributed by atoms with Crippen LogP contribution in [-0.2, 0) is 22.4 Å². The lowest BCUT2D eigenvalue weighted by molar-refractivity contribution is -0.137. The van der Waals surface area contributed by atoms with Crippen LogP contribution in [-0.4, -0.2) is 27.1 Å². The Hall–Kier alpha value is -2.41. The van der Waals surface area contributed by atoms with Crippen molar-refractivity contribution in [3.05, 3.63) is 46.6 Å². The second-order valence-electron chi connectivity index (χ2n) is 5.98. The van der Waals surface area contributed by atoms with Gasteiger partial charge in [-0.15, -0.1) is 0 Å². The molecule has 0 aliphatic carbocycles. The Morgan fingerprint density at radius 1 is 1.27 bits per heavy atom. The number of amides is 1. The summed E-state index contributed by atoms with van der Waals surface area (Å²) in [5, 5.41) is 16.3. The molecule has 0 spiro atoms. The van der Waals surface area contributed by atoms with Crippen molar-refractivity contribution in [3.8, 4) is 0 Å². The molecule has 0 saturated carbocycles. The average molecular weight is 380 g/mol. The third kappa shape index (κ3) is 6.48. The topological polar surface area (TPSA) is 105 Å². The number of nitrogens with one attached hydrogen (secondary N) is 1. The monoisotopic (exact) mass is 379 g/mol. The van der Waals surface area contributed by atoms with Crippen LogP contribution in [0.25, 0.3) is 0 Å². The van der Waals surface area contributed by atoms with Crippen LogP contribution < -0.4 is 5.32 Å². The van der Waals surface area contributed by atoms with Gasteiger partial charge in [0, 0.05) is 24.3 Å². The molecule has 0 aliphatic rings. The van der Waals surface area contributed by atoms with Crippen molar-refractivity contribution in [1.82, 2.24) is 15.5 Å². The maximum absolute atomic E-state index is 12.2. The summed E-state index contributed by atoms with van der Waals surface area (Å²) in [6.07, 6.45) is 2.81. The number of carbonyl (C=O) groups excluding carboxylic acids is 1. The van der Waals surface area contributed by atoms with Gasteiger partial charge in [0.2, 0.25) is 11.8 Å². The van der Waals surface area contributed by atoms with E-state index in [1.165, 1.54) is 0 Å². The summed E-state index contributed by atoms with van der Waals surface area (Å²) in [6, 6.07) is 6.16. The van der Waals surface area contributed by atoms with E-state index in [4.69, 9.17) is 21.2 Å². The van der Waals surface area contributed by atoms with Gasteiger partial charge in [-0.1, -0.05) is 35.8 Å². The lowest BCUT2D eigenvalue weighted by atomic mass is 10.0. The summed E-state index contributed by atoms with van der Waals surface area (Å²) in [7, 11) is 0. The highest BCUT2D eigenvalue weighted by molar-refractivity contribution is 6.30. The van der Waals surface area contributed by atoms with Crippen LogP contribution in [0.5, 0.6) is 0 Å². The summed E-state index contributed by atoms with van der Waals surface area (Å²) in [5.41, 5.74) is 0.700. The van der Waals surface area contributed by atoms with Crippen molar-refractivity contribution >= 4 is 23.5 Å². The Labute approximate surface area is 156 Å². The van der Waals surface area contributed by atoms with E-state index in [2.05, 4.69) is 15.5 Å². The van der Waals surface area contributed by atoms with Gasteiger partial charge in [0.1, 0.15) is 0 Å². The van der Waals surface area contributed by atoms with E-state index in [-0.39, 0.29) is 18.7 Å². The second kappa shape index (κ2) is 9.91. The average Bonchev–Trinajstić information content (AvgIpc) is 3.02. The molecule has 2 N–H and O–H groups in total. The summed E-state index contributed by atoms with van der Waals surface area (Å²) < 4.78 is 5.13. The zero-order valence-electron chi connectivity index (χ0n) is 14.6. The van der Waals surface area contributed by atoms with Gasteiger partial charge in [-0.3, -0.25) is 9.59 Å². The number of carboxylic acids is 1. The number of carbonyl (C=O) groups is 2. The molecule has 1 aromatic carbocycles. The maximum atomic E-state index is 12.2.